The first kappa shape index (κ1) is 21.0. The van der Waals surface area contributed by atoms with Crippen LogP contribution in [-0.2, 0) is 20.7 Å². The minimum atomic E-state index is -2.95. The molecule has 0 aliphatic carbocycles. The van der Waals surface area contributed by atoms with Crippen LogP contribution in [-0.4, -0.2) is 29.2 Å². The lowest BCUT2D eigenvalue weighted by Crippen LogP contribution is -2.27. The lowest BCUT2D eigenvalue weighted by molar-refractivity contribution is -0.304. The van der Waals surface area contributed by atoms with Crippen LogP contribution in [0.4, 0.5) is 19.0 Å². The van der Waals surface area contributed by atoms with Gasteiger partial charge in [0.05, 0.1) is 36.1 Å². The molecule has 0 amide bonds. The monoisotopic (exact) mass is 410 g/mol. The predicted molar refractivity (Wildman–Crippen MR) is 93.5 cm³/mol. The summed E-state index contributed by atoms with van der Waals surface area (Å²) >= 11 is 0. The van der Waals surface area contributed by atoms with Gasteiger partial charge in [0.25, 0.3) is 6.43 Å². The molecule has 2 aromatic rings. The number of ether oxygens (including phenoxy) is 2. The third-order valence-corrected chi connectivity index (χ3v) is 4.42. The van der Waals surface area contributed by atoms with Crippen molar-refractivity contribution in [3.05, 3.63) is 52.2 Å². The van der Waals surface area contributed by atoms with E-state index >= 15 is 0 Å². The minimum absolute atomic E-state index is 0.0136. The second-order valence-electron chi connectivity index (χ2n) is 6.52. The first-order valence-corrected chi connectivity index (χ1v) is 8.91. The van der Waals surface area contributed by atoms with E-state index in [1.54, 1.807) is 13.8 Å². The number of carboxylic acid groups (broad SMARTS) is 1. The summed E-state index contributed by atoms with van der Waals surface area (Å²) in [7, 11) is 0. The Balaban J connectivity index is 2.01. The van der Waals surface area contributed by atoms with Gasteiger partial charge < -0.3 is 24.7 Å². The highest BCUT2D eigenvalue weighted by molar-refractivity contribution is 5.69. The van der Waals surface area contributed by atoms with Crippen LogP contribution in [0, 0.1) is 12.7 Å². The van der Waals surface area contributed by atoms with Crippen LogP contribution in [0.15, 0.2) is 18.2 Å². The highest BCUT2D eigenvalue weighted by Crippen LogP contribution is 2.34. The number of nitrogens with zero attached hydrogens (tertiary/aromatic N) is 2. The van der Waals surface area contributed by atoms with Crippen molar-refractivity contribution in [2.45, 2.75) is 39.0 Å². The predicted octanol–water partition coefficient (Wildman–Crippen LogP) is 2.37. The fraction of sp³-hybridized carbons (Fsp3) is 0.421. The van der Waals surface area contributed by atoms with Crippen LogP contribution >= 0.6 is 0 Å². The first-order valence-electron chi connectivity index (χ1n) is 8.91. The molecule has 1 atom stereocenters. The molecule has 1 aromatic carbocycles. The van der Waals surface area contributed by atoms with E-state index in [-0.39, 0.29) is 28.5 Å². The van der Waals surface area contributed by atoms with Gasteiger partial charge >= 0.3 is 0 Å². The van der Waals surface area contributed by atoms with Gasteiger partial charge in [0.2, 0.25) is 0 Å². The highest BCUT2D eigenvalue weighted by Gasteiger charge is 2.28. The number of halogens is 3. The molecule has 156 valence electrons. The topological polar surface area (TPSA) is 96.4 Å². The van der Waals surface area contributed by atoms with E-state index in [9.17, 15) is 23.1 Å². The average molecular weight is 410 g/mol. The van der Waals surface area contributed by atoms with Gasteiger partial charge in [-0.3, -0.25) is 0 Å². The van der Waals surface area contributed by atoms with Crippen LogP contribution in [0.25, 0.3) is 0 Å². The number of rotatable bonds is 7. The molecule has 7 nitrogen and oxygen atoms in total. The number of carbonyl (C=O) groups excluding carboxylic acids is 1. The largest absolute Gasteiger partial charge is 0.550 e. The third kappa shape index (κ3) is 4.65. The Hall–Kier alpha value is -2.72. The molecule has 0 bridgehead atoms. The zero-order valence-electron chi connectivity index (χ0n) is 15.7. The Bertz CT molecular complexity index is 905. The summed E-state index contributed by atoms with van der Waals surface area (Å²) in [5, 5.41) is 14.1. The average Bonchev–Trinajstić information content (AvgIpc) is 3.14. The summed E-state index contributed by atoms with van der Waals surface area (Å²) in [6, 6.07) is 2.99. The second-order valence-corrected chi connectivity index (χ2v) is 6.52. The zero-order chi connectivity index (χ0) is 21.1. The van der Waals surface area contributed by atoms with Crippen molar-refractivity contribution in [3.8, 4) is 0 Å². The lowest BCUT2D eigenvalue weighted by atomic mass is 10.0. The Labute approximate surface area is 164 Å². The molecule has 0 saturated carbocycles. The Morgan fingerprint density at radius 3 is 2.55 bits per heavy atom. The third-order valence-electron chi connectivity index (χ3n) is 4.42. The quantitative estimate of drug-likeness (QED) is 0.749. The van der Waals surface area contributed by atoms with Crippen molar-refractivity contribution in [1.29, 1.82) is 0 Å². The molecule has 1 N–H and O–H groups in total. The maximum Gasteiger partial charge on any atom is 0.266 e. The lowest BCUT2D eigenvalue weighted by Gasteiger charge is -2.23. The van der Waals surface area contributed by atoms with E-state index in [4.69, 9.17) is 9.47 Å². The highest BCUT2D eigenvalue weighted by atomic mass is 19.3. The van der Waals surface area contributed by atoms with Crippen molar-refractivity contribution in [3.63, 3.8) is 0 Å². The van der Waals surface area contributed by atoms with Gasteiger partial charge in [0.1, 0.15) is 17.5 Å². The standard InChI is InChI=1S/C19H20F3N3O4/c1-9(11-4-3-5-12(16(11)20)17(21)22)23-18-15(19-28-6-7-29-19)13(8-14(26)27)24-10(2)25-18/h3-5,9,17,19H,6-8H2,1-2H3,(H,26,27)(H,23,24,25)/p-1/t9-/m1/s1. The van der Waals surface area contributed by atoms with Crippen molar-refractivity contribution in [1.82, 2.24) is 9.97 Å². The Morgan fingerprint density at radius 1 is 1.28 bits per heavy atom. The molecule has 29 heavy (non-hydrogen) atoms. The minimum Gasteiger partial charge on any atom is -0.550 e. The number of aryl methyl sites for hydroxylation is 1. The number of benzene rings is 1. The van der Waals surface area contributed by atoms with Crippen LogP contribution in [0.2, 0.25) is 0 Å². The van der Waals surface area contributed by atoms with Gasteiger partial charge in [-0.15, -0.1) is 0 Å². The Morgan fingerprint density at radius 2 is 1.93 bits per heavy atom. The molecule has 2 heterocycles. The van der Waals surface area contributed by atoms with Gasteiger partial charge in [-0.05, 0) is 13.8 Å². The van der Waals surface area contributed by atoms with E-state index in [0.29, 0.717) is 13.2 Å². The molecule has 0 spiro atoms. The van der Waals surface area contributed by atoms with Gasteiger partial charge in [0, 0.05) is 18.0 Å². The SMILES string of the molecule is Cc1nc(CC(=O)[O-])c(C2OCCO2)c(N[C@H](C)c2cccc(C(F)F)c2F)n1. The van der Waals surface area contributed by atoms with Crippen LogP contribution in [0.5, 0.6) is 0 Å². The number of carbonyl (C=O) groups is 1. The maximum absolute atomic E-state index is 14.5. The number of hydrogen-bond acceptors (Lipinski definition) is 7. The molecule has 0 unspecified atom stereocenters. The number of aliphatic carboxylic acids is 1. The molecular formula is C19H19F3N3O4-. The fourth-order valence-corrected chi connectivity index (χ4v) is 3.15. The van der Waals surface area contributed by atoms with E-state index in [1.165, 1.54) is 12.1 Å². The number of carboxylic acids is 1. The zero-order valence-corrected chi connectivity index (χ0v) is 15.7. The van der Waals surface area contributed by atoms with Gasteiger partial charge in [-0.2, -0.15) is 0 Å². The number of alkyl halides is 2. The van der Waals surface area contributed by atoms with E-state index < -0.39 is 42.5 Å². The van der Waals surface area contributed by atoms with E-state index in [1.807, 2.05) is 0 Å². The van der Waals surface area contributed by atoms with E-state index in [2.05, 4.69) is 15.3 Å². The second kappa shape index (κ2) is 8.75. The molecule has 1 fully saturated rings. The molecular weight excluding hydrogens is 391 g/mol. The van der Waals surface area contributed by atoms with E-state index in [0.717, 1.165) is 6.07 Å². The number of hydrogen-bond donors (Lipinski definition) is 1. The molecule has 1 saturated heterocycles. The molecule has 1 aliphatic rings. The maximum atomic E-state index is 14.5. The summed E-state index contributed by atoms with van der Waals surface area (Å²) in [4.78, 5) is 19.6. The fourth-order valence-electron chi connectivity index (χ4n) is 3.15. The molecule has 10 heteroatoms. The summed E-state index contributed by atoms with van der Waals surface area (Å²) < 4.78 is 51.5. The first-order chi connectivity index (χ1) is 13.8. The number of aromatic nitrogens is 2. The van der Waals surface area contributed by atoms with Crippen molar-refractivity contribution in [2.24, 2.45) is 0 Å². The summed E-state index contributed by atoms with van der Waals surface area (Å²) in [6.45, 7) is 3.73. The number of anilines is 1. The van der Waals surface area contributed by atoms with Gasteiger partial charge in [0.15, 0.2) is 6.29 Å². The van der Waals surface area contributed by atoms with Gasteiger partial charge in [-0.1, -0.05) is 18.2 Å². The van der Waals surface area contributed by atoms with Crippen LogP contribution < -0.4 is 10.4 Å². The van der Waals surface area contributed by atoms with Crippen molar-refractivity contribution >= 4 is 11.8 Å². The summed E-state index contributed by atoms with van der Waals surface area (Å²) in [5.74, 6) is -1.93. The molecule has 1 aromatic heterocycles. The molecule has 1 aliphatic heterocycles. The number of nitrogens with one attached hydrogen (secondary N) is 1. The Kier molecular flexibility index (Phi) is 6.33. The molecule has 0 radical (unpaired) electrons. The smallest absolute Gasteiger partial charge is 0.266 e. The van der Waals surface area contributed by atoms with Gasteiger partial charge in [-0.25, -0.2) is 23.1 Å². The van der Waals surface area contributed by atoms with Crippen LogP contribution in [0.1, 0.15) is 53.9 Å². The van der Waals surface area contributed by atoms with Crippen molar-refractivity contribution < 1.29 is 32.5 Å². The summed E-state index contributed by atoms with van der Waals surface area (Å²) in [6.07, 6.45) is -4.36. The van der Waals surface area contributed by atoms with Crippen molar-refractivity contribution in [2.75, 3.05) is 18.5 Å². The molecule has 3 rings (SSSR count). The normalized spacial score (nSPS) is 15.7. The van der Waals surface area contributed by atoms with Crippen LogP contribution in [0.3, 0.4) is 0 Å². The summed E-state index contributed by atoms with van der Waals surface area (Å²) in [5.41, 5.74) is -0.287.